The number of anilines is 1. The molecule has 10 nitrogen and oxygen atoms in total. The minimum atomic E-state index is -0.621. The van der Waals surface area contributed by atoms with Crippen molar-refractivity contribution in [2.75, 3.05) is 32.2 Å². The first kappa shape index (κ1) is 22.3. The molecule has 4 rings (SSSR count). The van der Waals surface area contributed by atoms with Gasteiger partial charge in [0, 0.05) is 36.1 Å². The van der Waals surface area contributed by atoms with Gasteiger partial charge >= 0.3 is 0 Å². The van der Waals surface area contributed by atoms with Crippen LogP contribution in [0.1, 0.15) is 35.7 Å². The Morgan fingerprint density at radius 2 is 2.00 bits per heavy atom. The molecule has 3 aromatic heterocycles. The fourth-order valence-corrected chi connectivity index (χ4v) is 3.62. The molecule has 0 bridgehead atoms. The van der Waals surface area contributed by atoms with Crippen molar-refractivity contribution in [1.82, 2.24) is 19.9 Å². The average Bonchev–Trinajstić information content (AvgIpc) is 2.86. The summed E-state index contributed by atoms with van der Waals surface area (Å²) in [4.78, 5) is 28.8. The zero-order valence-electron chi connectivity index (χ0n) is 18.7. The molecule has 10 heteroatoms. The second-order valence-corrected chi connectivity index (χ2v) is 7.81. The van der Waals surface area contributed by atoms with E-state index in [-0.39, 0.29) is 23.3 Å². The molecule has 0 spiro atoms. The number of amides is 1. The number of nitrogens with one attached hydrogen (secondary N) is 1. The third-order valence-corrected chi connectivity index (χ3v) is 5.69. The molecular weight excluding hydrogens is 424 g/mol. The molecule has 0 radical (unpaired) electrons. The second kappa shape index (κ2) is 9.68. The Morgan fingerprint density at radius 3 is 2.79 bits per heavy atom. The molecular formula is C23H26N6O4. The highest BCUT2D eigenvalue weighted by Gasteiger charge is 2.24. The Kier molecular flexibility index (Phi) is 6.53. The highest BCUT2D eigenvalue weighted by molar-refractivity contribution is 5.96. The van der Waals surface area contributed by atoms with Crippen LogP contribution >= 0.6 is 0 Å². The van der Waals surface area contributed by atoms with Gasteiger partial charge in [0.05, 0.1) is 12.8 Å². The number of pyridine rings is 2. The SMILES string of the molecule is COc1ncc(-c2cc(NC[C@@H](C)C(C)c3ccnc4c3OCCO4)ncn2)cc1C(N)=O. The van der Waals surface area contributed by atoms with Gasteiger partial charge in [-0.05, 0) is 24.0 Å². The Bertz CT molecular complexity index is 1160. The molecule has 3 aromatic rings. The standard InChI is InChI=1S/C23H26N6O4/c1-13(14(2)16-4-5-25-23-20(16)32-6-7-33-23)10-26-19-9-18(28-12-29-19)15-8-17(21(24)30)22(31-3)27-11-15/h4-5,8-9,11-14H,6-7,10H2,1-3H3,(H2,24,30)(H,26,28,29)/t13-,14?/m1/s1. The van der Waals surface area contributed by atoms with Gasteiger partial charge in [-0.15, -0.1) is 0 Å². The summed E-state index contributed by atoms with van der Waals surface area (Å²) < 4.78 is 16.5. The predicted octanol–water partition coefficient (Wildman–Crippen LogP) is 2.66. The maximum atomic E-state index is 11.7. The number of nitrogens with zero attached hydrogens (tertiary/aromatic N) is 4. The van der Waals surface area contributed by atoms with Gasteiger partial charge in [-0.25, -0.2) is 19.9 Å². The van der Waals surface area contributed by atoms with Crippen molar-refractivity contribution in [2.24, 2.45) is 11.7 Å². The first-order valence-electron chi connectivity index (χ1n) is 10.6. The Hall–Kier alpha value is -3.95. The van der Waals surface area contributed by atoms with E-state index in [4.69, 9.17) is 19.9 Å². The van der Waals surface area contributed by atoms with E-state index in [0.29, 0.717) is 42.7 Å². The molecule has 1 aliphatic rings. The lowest BCUT2D eigenvalue weighted by Crippen LogP contribution is -2.21. The molecule has 1 unspecified atom stereocenters. The summed E-state index contributed by atoms with van der Waals surface area (Å²) in [5, 5.41) is 3.37. The Balaban J connectivity index is 1.47. The number of carbonyl (C=O) groups is 1. The van der Waals surface area contributed by atoms with Crippen LogP contribution < -0.4 is 25.3 Å². The largest absolute Gasteiger partial charge is 0.484 e. The van der Waals surface area contributed by atoms with Crippen LogP contribution in [0.2, 0.25) is 0 Å². The number of aromatic nitrogens is 4. The number of hydrogen-bond acceptors (Lipinski definition) is 9. The molecule has 3 N–H and O–H groups in total. The van der Waals surface area contributed by atoms with Crippen molar-refractivity contribution >= 4 is 11.7 Å². The molecule has 0 aromatic carbocycles. The molecule has 2 atom stereocenters. The highest BCUT2D eigenvalue weighted by atomic mass is 16.6. The number of fused-ring (bicyclic) bond motifs is 1. The number of rotatable bonds is 8. The van der Waals surface area contributed by atoms with Crippen molar-refractivity contribution in [3.05, 3.63) is 48.0 Å². The van der Waals surface area contributed by atoms with Gasteiger partial charge in [-0.3, -0.25) is 4.79 Å². The van der Waals surface area contributed by atoms with Gasteiger partial charge < -0.3 is 25.3 Å². The van der Waals surface area contributed by atoms with Crippen LogP contribution in [0.3, 0.4) is 0 Å². The van der Waals surface area contributed by atoms with E-state index in [1.165, 1.54) is 13.4 Å². The Labute approximate surface area is 191 Å². The monoisotopic (exact) mass is 450 g/mol. The van der Waals surface area contributed by atoms with Crippen LogP contribution in [0.25, 0.3) is 11.3 Å². The van der Waals surface area contributed by atoms with E-state index in [9.17, 15) is 4.79 Å². The molecule has 1 amide bonds. The summed E-state index contributed by atoms with van der Waals surface area (Å²) in [7, 11) is 1.43. The molecule has 1 aliphatic heterocycles. The van der Waals surface area contributed by atoms with E-state index in [2.05, 4.69) is 39.1 Å². The summed E-state index contributed by atoms with van der Waals surface area (Å²) >= 11 is 0. The summed E-state index contributed by atoms with van der Waals surface area (Å²) in [5.74, 6) is 1.94. The van der Waals surface area contributed by atoms with Gasteiger partial charge in [0.15, 0.2) is 5.75 Å². The predicted molar refractivity (Wildman–Crippen MR) is 122 cm³/mol. The third-order valence-electron chi connectivity index (χ3n) is 5.69. The highest BCUT2D eigenvalue weighted by Crippen LogP contribution is 2.38. The van der Waals surface area contributed by atoms with Gasteiger partial charge in [-0.1, -0.05) is 13.8 Å². The number of methoxy groups -OCH3 is 1. The van der Waals surface area contributed by atoms with Gasteiger partial charge in [0.2, 0.25) is 5.88 Å². The third kappa shape index (κ3) is 4.79. The topological polar surface area (TPSA) is 134 Å². The minimum absolute atomic E-state index is 0.175. The number of ether oxygens (including phenoxy) is 3. The second-order valence-electron chi connectivity index (χ2n) is 7.81. The van der Waals surface area contributed by atoms with E-state index in [1.54, 1.807) is 24.5 Å². The average molecular weight is 450 g/mol. The summed E-state index contributed by atoms with van der Waals surface area (Å²) in [5.41, 5.74) is 7.95. The van der Waals surface area contributed by atoms with E-state index in [0.717, 1.165) is 11.3 Å². The van der Waals surface area contributed by atoms with Crippen LogP contribution in [0.5, 0.6) is 17.5 Å². The number of nitrogens with two attached hydrogens (primary N) is 1. The number of hydrogen-bond donors (Lipinski definition) is 2. The summed E-state index contributed by atoms with van der Waals surface area (Å²) in [6.07, 6.45) is 4.79. The van der Waals surface area contributed by atoms with E-state index < -0.39 is 5.91 Å². The van der Waals surface area contributed by atoms with Gasteiger partial charge in [-0.2, -0.15) is 0 Å². The zero-order chi connectivity index (χ0) is 23.4. The zero-order valence-corrected chi connectivity index (χ0v) is 18.7. The van der Waals surface area contributed by atoms with Crippen molar-refractivity contribution < 1.29 is 19.0 Å². The lowest BCUT2D eigenvalue weighted by atomic mass is 9.88. The van der Waals surface area contributed by atoms with E-state index >= 15 is 0 Å². The molecule has 4 heterocycles. The van der Waals surface area contributed by atoms with Gasteiger partial charge in [0.25, 0.3) is 11.8 Å². The lowest BCUT2D eigenvalue weighted by molar-refractivity contribution is 0.0996. The lowest BCUT2D eigenvalue weighted by Gasteiger charge is -2.26. The fraction of sp³-hybridized carbons (Fsp3) is 0.348. The maximum Gasteiger partial charge on any atom is 0.257 e. The minimum Gasteiger partial charge on any atom is -0.484 e. The van der Waals surface area contributed by atoms with Gasteiger partial charge in [0.1, 0.15) is 30.9 Å². The van der Waals surface area contributed by atoms with Crippen LogP contribution in [0.15, 0.2) is 36.9 Å². The smallest absolute Gasteiger partial charge is 0.257 e. The Morgan fingerprint density at radius 1 is 1.18 bits per heavy atom. The molecule has 0 fully saturated rings. The molecule has 172 valence electrons. The number of primary amides is 1. The fourth-order valence-electron chi connectivity index (χ4n) is 3.62. The van der Waals surface area contributed by atoms with Crippen LogP contribution in [-0.4, -0.2) is 52.7 Å². The quantitative estimate of drug-likeness (QED) is 0.531. The molecule has 33 heavy (non-hydrogen) atoms. The first-order chi connectivity index (χ1) is 16.0. The summed E-state index contributed by atoms with van der Waals surface area (Å²) in [6.45, 7) is 6.01. The first-order valence-corrected chi connectivity index (χ1v) is 10.6. The number of carbonyl (C=O) groups excluding carboxylic acids is 1. The van der Waals surface area contributed by atoms with E-state index in [1.807, 2.05) is 6.07 Å². The van der Waals surface area contributed by atoms with Crippen molar-refractivity contribution in [1.29, 1.82) is 0 Å². The molecule has 0 aliphatic carbocycles. The van der Waals surface area contributed by atoms with Crippen molar-refractivity contribution in [2.45, 2.75) is 19.8 Å². The summed E-state index contributed by atoms with van der Waals surface area (Å²) in [6, 6.07) is 5.39. The molecule has 0 saturated carbocycles. The van der Waals surface area contributed by atoms with Crippen LogP contribution in [-0.2, 0) is 0 Å². The maximum absolute atomic E-state index is 11.7. The van der Waals surface area contributed by atoms with Crippen molar-refractivity contribution in [3.63, 3.8) is 0 Å². The molecule has 0 saturated heterocycles. The normalized spacial score (nSPS) is 14.3. The van der Waals surface area contributed by atoms with Crippen molar-refractivity contribution in [3.8, 4) is 28.8 Å². The van der Waals surface area contributed by atoms with Crippen LogP contribution in [0, 0.1) is 5.92 Å². The van der Waals surface area contributed by atoms with Crippen LogP contribution in [0.4, 0.5) is 5.82 Å².